The molecule has 1 amide bonds. The van der Waals surface area contributed by atoms with Crippen LogP contribution in [0.4, 0.5) is 0 Å². The van der Waals surface area contributed by atoms with E-state index in [4.69, 9.17) is 20.9 Å². The third kappa shape index (κ3) is 2.87. The summed E-state index contributed by atoms with van der Waals surface area (Å²) in [5.74, 6) is 0.488. The van der Waals surface area contributed by atoms with E-state index < -0.39 is 12.0 Å². The van der Waals surface area contributed by atoms with Gasteiger partial charge in [-0.05, 0) is 24.6 Å². The first-order valence-corrected chi connectivity index (χ1v) is 4.91. The van der Waals surface area contributed by atoms with Crippen LogP contribution in [-0.4, -0.2) is 19.1 Å². The second kappa shape index (κ2) is 5.37. The van der Waals surface area contributed by atoms with Gasteiger partial charge in [0.05, 0.1) is 7.11 Å². The predicted octanol–water partition coefficient (Wildman–Crippen LogP) is 0.406. The molecule has 0 aliphatic rings. The normalized spacial score (nSPS) is 11.9. The van der Waals surface area contributed by atoms with Crippen LogP contribution in [0.25, 0.3) is 0 Å². The van der Waals surface area contributed by atoms with Crippen molar-refractivity contribution in [2.45, 2.75) is 19.6 Å². The highest BCUT2D eigenvalue weighted by atomic mass is 16.5. The van der Waals surface area contributed by atoms with Gasteiger partial charge in [0.15, 0.2) is 17.6 Å². The SMILES string of the molecule is COc1ccc(CN)cc1OC(C)C(N)=O. The smallest absolute Gasteiger partial charge is 0.258 e. The first-order valence-electron chi connectivity index (χ1n) is 4.91. The van der Waals surface area contributed by atoms with Crippen LogP contribution in [-0.2, 0) is 11.3 Å². The molecule has 0 radical (unpaired) electrons. The largest absolute Gasteiger partial charge is 0.493 e. The molecule has 0 aliphatic carbocycles. The quantitative estimate of drug-likeness (QED) is 0.758. The molecule has 0 saturated heterocycles. The lowest BCUT2D eigenvalue weighted by molar-refractivity contribution is -0.124. The van der Waals surface area contributed by atoms with Gasteiger partial charge in [-0.15, -0.1) is 0 Å². The Morgan fingerprint density at radius 3 is 2.62 bits per heavy atom. The Labute approximate surface area is 94.3 Å². The molecule has 5 nitrogen and oxygen atoms in total. The summed E-state index contributed by atoms with van der Waals surface area (Å²) in [5, 5.41) is 0. The Kier molecular flexibility index (Phi) is 4.13. The summed E-state index contributed by atoms with van der Waals surface area (Å²) in [6.45, 7) is 1.97. The fourth-order valence-electron chi connectivity index (χ4n) is 1.19. The monoisotopic (exact) mass is 224 g/mol. The molecule has 0 aromatic heterocycles. The molecule has 4 N–H and O–H groups in total. The third-order valence-corrected chi connectivity index (χ3v) is 2.17. The van der Waals surface area contributed by atoms with Crippen LogP contribution in [0.2, 0.25) is 0 Å². The molecule has 0 saturated carbocycles. The number of nitrogens with two attached hydrogens (primary N) is 2. The number of hydrogen-bond donors (Lipinski definition) is 2. The molecule has 1 unspecified atom stereocenters. The van der Waals surface area contributed by atoms with Crippen molar-refractivity contribution in [3.63, 3.8) is 0 Å². The number of benzene rings is 1. The second-order valence-electron chi connectivity index (χ2n) is 3.35. The highest BCUT2D eigenvalue weighted by molar-refractivity contribution is 5.78. The van der Waals surface area contributed by atoms with Crippen LogP contribution in [0.15, 0.2) is 18.2 Å². The Morgan fingerprint density at radius 2 is 2.12 bits per heavy atom. The minimum Gasteiger partial charge on any atom is -0.493 e. The summed E-state index contributed by atoms with van der Waals surface area (Å²) in [6, 6.07) is 5.31. The summed E-state index contributed by atoms with van der Waals surface area (Å²) in [6.07, 6.45) is -0.707. The first kappa shape index (κ1) is 12.3. The van der Waals surface area contributed by atoms with Crippen LogP contribution in [0.3, 0.4) is 0 Å². The number of hydrogen-bond acceptors (Lipinski definition) is 4. The summed E-state index contributed by atoms with van der Waals surface area (Å²) in [4.78, 5) is 10.9. The standard InChI is InChI=1S/C11H16N2O3/c1-7(11(13)14)16-10-5-8(6-12)3-4-9(10)15-2/h3-5,7H,6,12H2,1-2H3,(H2,13,14). The minimum atomic E-state index is -0.707. The molecule has 1 atom stereocenters. The van der Waals surface area contributed by atoms with Crippen LogP contribution in [0.1, 0.15) is 12.5 Å². The van der Waals surface area contributed by atoms with Gasteiger partial charge < -0.3 is 20.9 Å². The third-order valence-electron chi connectivity index (χ3n) is 2.17. The van der Waals surface area contributed by atoms with Crippen molar-refractivity contribution in [1.29, 1.82) is 0 Å². The molecule has 1 aromatic rings. The summed E-state index contributed by atoms with van der Waals surface area (Å²) in [5.41, 5.74) is 11.5. The van der Waals surface area contributed by atoms with E-state index in [2.05, 4.69) is 0 Å². The zero-order chi connectivity index (χ0) is 12.1. The number of primary amides is 1. The van der Waals surface area contributed by atoms with Gasteiger partial charge in [0.1, 0.15) is 0 Å². The molecule has 1 aromatic carbocycles. The van der Waals surface area contributed by atoms with E-state index in [1.54, 1.807) is 19.1 Å². The van der Waals surface area contributed by atoms with Gasteiger partial charge >= 0.3 is 0 Å². The Morgan fingerprint density at radius 1 is 1.44 bits per heavy atom. The van der Waals surface area contributed by atoms with Gasteiger partial charge in [0.25, 0.3) is 5.91 Å². The maximum absolute atomic E-state index is 10.9. The van der Waals surface area contributed by atoms with Gasteiger partial charge in [-0.3, -0.25) is 4.79 Å². The lowest BCUT2D eigenvalue weighted by Gasteiger charge is -2.15. The Balaban J connectivity index is 2.95. The molecule has 0 heterocycles. The van der Waals surface area contributed by atoms with E-state index in [1.807, 2.05) is 6.07 Å². The van der Waals surface area contributed by atoms with Gasteiger partial charge in [-0.1, -0.05) is 6.07 Å². The number of methoxy groups -OCH3 is 1. The molecule has 0 aliphatic heterocycles. The lowest BCUT2D eigenvalue weighted by atomic mass is 10.2. The molecule has 1 rings (SSSR count). The molecular weight excluding hydrogens is 208 g/mol. The number of amides is 1. The maximum Gasteiger partial charge on any atom is 0.258 e. The van der Waals surface area contributed by atoms with E-state index in [-0.39, 0.29) is 0 Å². The van der Waals surface area contributed by atoms with Crippen molar-refractivity contribution in [2.75, 3.05) is 7.11 Å². The van der Waals surface area contributed by atoms with Crippen LogP contribution in [0.5, 0.6) is 11.5 Å². The summed E-state index contributed by atoms with van der Waals surface area (Å²) in [7, 11) is 1.53. The topological polar surface area (TPSA) is 87.6 Å². The van der Waals surface area contributed by atoms with E-state index in [0.29, 0.717) is 18.0 Å². The van der Waals surface area contributed by atoms with Crippen molar-refractivity contribution in [1.82, 2.24) is 0 Å². The molecule has 5 heteroatoms. The maximum atomic E-state index is 10.9. The number of carbonyl (C=O) groups is 1. The molecule has 0 fully saturated rings. The highest BCUT2D eigenvalue weighted by Gasteiger charge is 2.13. The molecule has 88 valence electrons. The van der Waals surface area contributed by atoms with E-state index in [1.165, 1.54) is 7.11 Å². The average molecular weight is 224 g/mol. The zero-order valence-electron chi connectivity index (χ0n) is 9.40. The highest BCUT2D eigenvalue weighted by Crippen LogP contribution is 2.28. The van der Waals surface area contributed by atoms with Crippen LogP contribution >= 0.6 is 0 Å². The molecule has 16 heavy (non-hydrogen) atoms. The van der Waals surface area contributed by atoms with Gasteiger partial charge in [0, 0.05) is 6.54 Å². The zero-order valence-corrected chi connectivity index (χ0v) is 9.40. The van der Waals surface area contributed by atoms with Gasteiger partial charge in [-0.2, -0.15) is 0 Å². The molecule has 0 bridgehead atoms. The number of carbonyl (C=O) groups excluding carboxylic acids is 1. The Hall–Kier alpha value is -1.75. The fraction of sp³-hybridized carbons (Fsp3) is 0.364. The lowest BCUT2D eigenvalue weighted by Crippen LogP contribution is -2.30. The van der Waals surface area contributed by atoms with E-state index in [0.717, 1.165) is 5.56 Å². The van der Waals surface area contributed by atoms with Gasteiger partial charge in [-0.25, -0.2) is 0 Å². The van der Waals surface area contributed by atoms with Crippen molar-refractivity contribution in [2.24, 2.45) is 11.5 Å². The average Bonchev–Trinajstić information content (AvgIpc) is 2.28. The van der Waals surface area contributed by atoms with E-state index in [9.17, 15) is 4.79 Å². The van der Waals surface area contributed by atoms with Crippen molar-refractivity contribution in [3.8, 4) is 11.5 Å². The second-order valence-corrected chi connectivity index (χ2v) is 3.35. The molecular formula is C11H16N2O3. The minimum absolute atomic E-state index is 0.394. The number of rotatable bonds is 5. The van der Waals surface area contributed by atoms with Crippen molar-refractivity contribution in [3.05, 3.63) is 23.8 Å². The van der Waals surface area contributed by atoms with Crippen LogP contribution < -0.4 is 20.9 Å². The van der Waals surface area contributed by atoms with E-state index >= 15 is 0 Å². The molecule has 0 spiro atoms. The van der Waals surface area contributed by atoms with Crippen molar-refractivity contribution < 1.29 is 14.3 Å². The predicted molar refractivity (Wildman–Crippen MR) is 60.2 cm³/mol. The summed E-state index contributed by atoms with van der Waals surface area (Å²) < 4.78 is 10.5. The Bertz CT molecular complexity index is 379. The van der Waals surface area contributed by atoms with Crippen LogP contribution in [0, 0.1) is 0 Å². The first-order chi connectivity index (χ1) is 7.58. The van der Waals surface area contributed by atoms with Gasteiger partial charge in [0.2, 0.25) is 0 Å². The van der Waals surface area contributed by atoms with Crippen molar-refractivity contribution >= 4 is 5.91 Å². The number of ether oxygens (including phenoxy) is 2. The fourth-order valence-corrected chi connectivity index (χ4v) is 1.19. The summed E-state index contributed by atoms with van der Waals surface area (Å²) >= 11 is 0.